The van der Waals surface area contributed by atoms with Gasteiger partial charge < -0.3 is 5.73 Å². The number of rotatable bonds is 4. The van der Waals surface area contributed by atoms with Crippen molar-refractivity contribution < 1.29 is 0 Å². The highest BCUT2D eigenvalue weighted by molar-refractivity contribution is 8.01. The highest BCUT2D eigenvalue weighted by Crippen LogP contribution is 2.30. The molecule has 1 unspecified atom stereocenters. The minimum Gasteiger partial charge on any atom is -0.328 e. The van der Waals surface area contributed by atoms with E-state index in [-0.39, 0.29) is 0 Å². The molecule has 0 radical (unpaired) electrons. The van der Waals surface area contributed by atoms with Crippen molar-refractivity contribution in [2.75, 3.05) is 5.75 Å². The third kappa shape index (κ3) is 3.81. The van der Waals surface area contributed by atoms with Crippen LogP contribution in [0.3, 0.4) is 0 Å². The molecule has 0 bridgehead atoms. The van der Waals surface area contributed by atoms with Crippen LogP contribution in [0.1, 0.15) is 13.3 Å². The predicted molar refractivity (Wildman–Crippen MR) is 58.3 cm³/mol. The Morgan fingerprint density at radius 3 is 2.92 bits per heavy atom. The molecule has 0 spiro atoms. The standard InChI is InChI=1S/C8H12ClNS2/c1-6(10)4-5-11-8-3-2-7(9)12-8/h2-3,6H,4-5,10H2,1H3. The van der Waals surface area contributed by atoms with Crippen LogP contribution in [-0.4, -0.2) is 11.8 Å². The van der Waals surface area contributed by atoms with Gasteiger partial charge in [-0.2, -0.15) is 0 Å². The second kappa shape index (κ2) is 5.12. The van der Waals surface area contributed by atoms with E-state index >= 15 is 0 Å². The molecule has 1 nitrogen and oxygen atoms in total. The topological polar surface area (TPSA) is 26.0 Å². The average Bonchev–Trinajstić information content (AvgIpc) is 2.35. The van der Waals surface area contributed by atoms with E-state index in [0.717, 1.165) is 16.5 Å². The fraction of sp³-hybridized carbons (Fsp3) is 0.500. The van der Waals surface area contributed by atoms with Crippen LogP contribution in [0.2, 0.25) is 4.34 Å². The summed E-state index contributed by atoms with van der Waals surface area (Å²) in [6.45, 7) is 2.03. The summed E-state index contributed by atoms with van der Waals surface area (Å²) in [6, 6.07) is 4.28. The van der Waals surface area contributed by atoms with Gasteiger partial charge in [-0.15, -0.1) is 23.1 Å². The molecule has 2 N–H and O–H groups in total. The Morgan fingerprint density at radius 2 is 2.42 bits per heavy atom. The number of thiophene rings is 1. The maximum Gasteiger partial charge on any atom is 0.0940 e. The average molecular weight is 222 g/mol. The fourth-order valence-corrected chi connectivity index (χ4v) is 3.24. The van der Waals surface area contributed by atoms with Crippen molar-refractivity contribution in [1.82, 2.24) is 0 Å². The maximum atomic E-state index is 5.78. The maximum absolute atomic E-state index is 5.78. The summed E-state index contributed by atoms with van der Waals surface area (Å²) in [4.78, 5) is 0. The summed E-state index contributed by atoms with van der Waals surface area (Å²) in [5.41, 5.74) is 5.63. The van der Waals surface area contributed by atoms with E-state index < -0.39 is 0 Å². The van der Waals surface area contributed by atoms with Gasteiger partial charge in [0.25, 0.3) is 0 Å². The molecular formula is C8H12ClNS2. The molecule has 4 heteroatoms. The molecule has 0 amide bonds. The molecule has 1 aromatic rings. The van der Waals surface area contributed by atoms with Crippen molar-refractivity contribution in [3.05, 3.63) is 16.5 Å². The van der Waals surface area contributed by atoms with Crippen molar-refractivity contribution in [3.63, 3.8) is 0 Å². The molecule has 0 saturated carbocycles. The van der Waals surface area contributed by atoms with Crippen LogP contribution in [0.5, 0.6) is 0 Å². The molecular weight excluding hydrogens is 210 g/mol. The smallest absolute Gasteiger partial charge is 0.0940 e. The van der Waals surface area contributed by atoms with Crippen LogP contribution in [-0.2, 0) is 0 Å². The van der Waals surface area contributed by atoms with E-state index in [0.29, 0.717) is 6.04 Å². The Balaban J connectivity index is 2.24. The van der Waals surface area contributed by atoms with Gasteiger partial charge in [0.15, 0.2) is 0 Å². The molecule has 0 aliphatic heterocycles. The van der Waals surface area contributed by atoms with Gasteiger partial charge in [-0.05, 0) is 25.5 Å². The molecule has 68 valence electrons. The Hall–Kier alpha value is 0.300. The van der Waals surface area contributed by atoms with Gasteiger partial charge >= 0.3 is 0 Å². The minimum absolute atomic E-state index is 0.299. The lowest BCUT2D eigenvalue weighted by Crippen LogP contribution is -2.15. The Kier molecular flexibility index (Phi) is 4.43. The second-order valence-electron chi connectivity index (χ2n) is 2.67. The molecule has 0 saturated heterocycles. The minimum atomic E-state index is 0.299. The first-order chi connectivity index (χ1) is 5.68. The molecule has 1 heterocycles. The van der Waals surface area contributed by atoms with Crippen LogP contribution in [0, 0.1) is 0 Å². The first-order valence-corrected chi connectivity index (χ1v) is 6.00. The normalized spacial score (nSPS) is 13.2. The van der Waals surface area contributed by atoms with E-state index in [4.69, 9.17) is 17.3 Å². The molecule has 0 aromatic carbocycles. The highest BCUT2D eigenvalue weighted by Gasteiger charge is 1.99. The van der Waals surface area contributed by atoms with Crippen LogP contribution in [0.25, 0.3) is 0 Å². The molecule has 0 aliphatic carbocycles. The Morgan fingerprint density at radius 1 is 1.67 bits per heavy atom. The molecule has 1 atom stereocenters. The number of nitrogens with two attached hydrogens (primary N) is 1. The van der Waals surface area contributed by atoms with E-state index in [1.807, 2.05) is 24.8 Å². The zero-order valence-corrected chi connectivity index (χ0v) is 9.31. The van der Waals surface area contributed by atoms with Crippen molar-refractivity contribution in [2.45, 2.75) is 23.6 Å². The zero-order chi connectivity index (χ0) is 8.97. The Labute approximate surface area is 86.3 Å². The summed E-state index contributed by atoms with van der Waals surface area (Å²) in [5, 5.41) is 0. The quantitative estimate of drug-likeness (QED) is 0.791. The highest BCUT2D eigenvalue weighted by atomic mass is 35.5. The van der Waals surface area contributed by atoms with Crippen LogP contribution in [0.4, 0.5) is 0 Å². The summed E-state index contributed by atoms with van der Waals surface area (Å²) >= 11 is 9.23. The lowest BCUT2D eigenvalue weighted by molar-refractivity contribution is 0.721. The van der Waals surface area contributed by atoms with Crippen LogP contribution >= 0.6 is 34.7 Å². The van der Waals surface area contributed by atoms with Crippen LogP contribution in [0.15, 0.2) is 16.3 Å². The first kappa shape index (κ1) is 10.4. The van der Waals surface area contributed by atoms with Gasteiger partial charge in [-0.25, -0.2) is 0 Å². The molecule has 12 heavy (non-hydrogen) atoms. The van der Waals surface area contributed by atoms with Crippen molar-refractivity contribution >= 4 is 34.7 Å². The molecule has 0 aliphatic rings. The first-order valence-electron chi connectivity index (χ1n) is 3.82. The SMILES string of the molecule is CC(N)CCSc1ccc(Cl)s1. The largest absolute Gasteiger partial charge is 0.328 e. The number of thioether (sulfide) groups is 1. The number of halogens is 1. The van der Waals surface area contributed by atoms with Crippen molar-refractivity contribution in [3.8, 4) is 0 Å². The van der Waals surface area contributed by atoms with Gasteiger partial charge in [-0.3, -0.25) is 0 Å². The monoisotopic (exact) mass is 221 g/mol. The van der Waals surface area contributed by atoms with E-state index in [9.17, 15) is 0 Å². The third-order valence-electron chi connectivity index (χ3n) is 1.37. The van der Waals surface area contributed by atoms with Crippen LogP contribution < -0.4 is 5.73 Å². The van der Waals surface area contributed by atoms with E-state index in [2.05, 4.69) is 6.07 Å². The number of hydrogen-bond donors (Lipinski definition) is 1. The summed E-state index contributed by atoms with van der Waals surface area (Å²) in [6.07, 6.45) is 1.06. The second-order valence-corrected chi connectivity index (χ2v) is 5.78. The zero-order valence-electron chi connectivity index (χ0n) is 6.92. The molecule has 1 rings (SSSR count). The lowest BCUT2D eigenvalue weighted by Gasteiger charge is -2.01. The summed E-state index contributed by atoms with van der Waals surface area (Å²) < 4.78 is 2.14. The van der Waals surface area contributed by atoms with Gasteiger partial charge in [0, 0.05) is 11.8 Å². The number of hydrogen-bond acceptors (Lipinski definition) is 3. The lowest BCUT2D eigenvalue weighted by atomic mass is 10.3. The molecule has 1 aromatic heterocycles. The van der Waals surface area contributed by atoms with Gasteiger partial charge in [-0.1, -0.05) is 11.6 Å². The van der Waals surface area contributed by atoms with Crippen molar-refractivity contribution in [1.29, 1.82) is 0 Å². The van der Waals surface area contributed by atoms with E-state index in [1.54, 1.807) is 11.3 Å². The van der Waals surface area contributed by atoms with Crippen molar-refractivity contribution in [2.24, 2.45) is 5.73 Å². The summed E-state index contributed by atoms with van der Waals surface area (Å²) in [5.74, 6) is 1.08. The van der Waals surface area contributed by atoms with Gasteiger partial charge in [0.1, 0.15) is 0 Å². The van der Waals surface area contributed by atoms with Gasteiger partial charge in [0.05, 0.1) is 8.55 Å². The summed E-state index contributed by atoms with van der Waals surface area (Å²) in [7, 11) is 0. The van der Waals surface area contributed by atoms with E-state index in [1.165, 1.54) is 4.21 Å². The predicted octanol–water partition coefficient (Wildman–Crippen LogP) is 3.23. The van der Waals surface area contributed by atoms with Gasteiger partial charge in [0.2, 0.25) is 0 Å². The third-order valence-corrected chi connectivity index (χ3v) is 3.86. The Bertz CT molecular complexity index is 235. The molecule has 0 fully saturated rings. The fourth-order valence-electron chi connectivity index (χ4n) is 0.721.